The van der Waals surface area contributed by atoms with Gasteiger partial charge in [0.25, 0.3) is 0 Å². The first-order valence-electron chi connectivity index (χ1n) is 7.91. The molecule has 1 aromatic rings. The number of ether oxygens (including phenoxy) is 1. The Balaban J connectivity index is 1.52. The first kappa shape index (κ1) is 14.6. The number of nitrogens with one attached hydrogen (secondary N) is 1. The van der Waals surface area contributed by atoms with Gasteiger partial charge in [-0.15, -0.1) is 0 Å². The summed E-state index contributed by atoms with van der Waals surface area (Å²) in [6, 6.07) is 3.08. The summed E-state index contributed by atoms with van der Waals surface area (Å²) in [5.41, 5.74) is 0.916. The van der Waals surface area contributed by atoms with E-state index in [4.69, 9.17) is 4.74 Å². The van der Waals surface area contributed by atoms with E-state index in [0.29, 0.717) is 11.8 Å². The topological polar surface area (TPSA) is 48.6 Å². The van der Waals surface area contributed by atoms with Gasteiger partial charge >= 0.3 is 0 Å². The quantitative estimate of drug-likeness (QED) is 0.912. The third kappa shape index (κ3) is 3.14. The summed E-state index contributed by atoms with van der Waals surface area (Å²) in [6.45, 7) is 6.64. The van der Waals surface area contributed by atoms with E-state index in [0.717, 1.165) is 31.4 Å². The SMILES string of the molecule is COc1c[nH]c(CN2CC(N3CCCC[C@H]3C)C2)cc1=O. The number of H-pyrrole nitrogens is 1. The Kier molecular flexibility index (Phi) is 4.31. The summed E-state index contributed by atoms with van der Waals surface area (Å²) in [5.74, 6) is 0.377. The summed E-state index contributed by atoms with van der Waals surface area (Å²) in [4.78, 5) is 19.9. The molecule has 2 aliphatic heterocycles. The average molecular weight is 291 g/mol. The summed E-state index contributed by atoms with van der Waals surface area (Å²) >= 11 is 0. The van der Waals surface area contributed by atoms with Gasteiger partial charge in [-0.25, -0.2) is 0 Å². The molecule has 1 aromatic heterocycles. The van der Waals surface area contributed by atoms with E-state index in [-0.39, 0.29) is 5.43 Å². The third-order valence-corrected chi connectivity index (χ3v) is 4.81. The molecule has 3 rings (SSSR count). The fraction of sp³-hybridized carbons (Fsp3) is 0.688. The lowest BCUT2D eigenvalue weighted by atomic mass is 9.97. The van der Waals surface area contributed by atoms with E-state index in [1.807, 2.05) is 0 Å². The predicted octanol–water partition coefficient (Wildman–Crippen LogP) is 1.44. The van der Waals surface area contributed by atoms with Gasteiger partial charge in [-0.05, 0) is 26.3 Å². The minimum absolute atomic E-state index is 0.0482. The van der Waals surface area contributed by atoms with Crippen LogP contribution in [0.3, 0.4) is 0 Å². The first-order valence-corrected chi connectivity index (χ1v) is 7.91. The van der Waals surface area contributed by atoms with E-state index in [1.54, 1.807) is 12.3 Å². The number of methoxy groups -OCH3 is 1. The lowest BCUT2D eigenvalue weighted by Crippen LogP contribution is -2.61. The smallest absolute Gasteiger partial charge is 0.223 e. The molecule has 0 aromatic carbocycles. The lowest BCUT2D eigenvalue weighted by molar-refractivity contribution is -0.00676. The van der Waals surface area contributed by atoms with Gasteiger partial charge in [-0.3, -0.25) is 14.6 Å². The maximum atomic E-state index is 11.7. The summed E-state index contributed by atoms with van der Waals surface area (Å²) in [5, 5.41) is 0. The Morgan fingerprint density at radius 2 is 2.19 bits per heavy atom. The molecular formula is C16H25N3O2. The zero-order valence-electron chi connectivity index (χ0n) is 13.0. The van der Waals surface area contributed by atoms with Crippen LogP contribution in [0, 0.1) is 0 Å². The molecule has 0 unspecified atom stereocenters. The second-order valence-electron chi connectivity index (χ2n) is 6.32. The Labute approximate surface area is 125 Å². The van der Waals surface area contributed by atoms with Crippen LogP contribution in [0.15, 0.2) is 17.1 Å². The number of piperidine rings is 1. The highest BCUT2D eigenvalue weighted by molar-refractivity contribution is 5.20. The van der Waals surface area contributed by atoms with E-state index in [2.05, 4.69) is 21.7 Å². The van der Waals surface area contributed by atoms with E-state index in [1.165, 1.54) is 32.9 Å². The van der Waals surface area contributed by atoms with Crippen molar-refractivity contribution in [3.8, 4) is 5.75 Å². The highest BCUT2D eigenvalue weighted by atomic mass is 16.5. The molecule has 5 nitrogen and oxygen atoms in total. The molecule has 0 amide bonds. The number of hydrogen-bond donors (Lipinski definition) is 1. The van der Waals surface area contributed by atoms with Crippen molar-refractivity contribution in [2.75, 3.05) is 26.7 Å². The number of likely N-dealkylation sites (tertiary alicyclic amines) is 2. The number of nitrogens with zero attached hydrogens (tertiary/aromatic N) is 2. The molecule has 5 heteroatoms. The Morgan fingerprint density at radius 1 is 1.38 bits per heavy atom. The Hall–Kier alpha value is -1.33. The van der Waals surface area contributed by atoms with E-state index in [9.17, 15) is 4.79 Å². The van der Waals surface area contributed by atoms with Crippen molar-refractivity contribution in [1.82, 2.24) is 14.8 Å². The minimum atomic E-state index is -0.0482. The van der Waals surface area contributed by atoms with Gasteiger partial charge in [0.2, 0.25) is 5.43 Å². The lowest BCUT2D eigenvalue weighted by Gasteiger charge is -2.49. The molecule has 116 valence electrons. The Morgan fingerprint density at radius 3 is 2.86 bits per heavy atom. The van der Waals surface area contributed by atoms with E-state index < -0.39 is 0 Å². The zero-order chi connectivity index (χ0) is 14.8. The predicted molar refractivity (Wildman–Crippen MR) is 82.7 cm³/mol. The largest absolute Gasteiger partial charge is 0.491 e. The third-order valence-electron chi connectivity index (χ3n) is 4.81. The van der Waals surface area contributed by atoms with Crippen LogP contribution in [0.25, 0.3) is 0 Å². The van der Waals surface area contributed by atoms with Crippen LogP contribution in [0.5, 0.6) is 5.75 Å². The standard InChI is InChI=1S/C16H25N3O2/c1-12-5-3-4-6-19(12)14-10-18(11-14)9-13-7-15(20)16(21-2)8-17-13/h7-8,12,14H,3-6,9-11H2,1-2H3,(H,17,20)/t12-/m1/s1. The molecule has 2 saturated heterocycles. The molecule has 3 heterocycles. The first-order chi connectivity index (χ1) is 10.2. The molecular weight excluding hydrogens is 266 g/mol. The van der Waals surface area contributed by atoms with Gasteiger partial charge in [0.15, 0.2) is 5.75 Å². The molecule has 0 spiro atoms. The van der Waals surface area contributed by atoms with Gasteiger partial charge in [-0.1, -0.05) is 6.42 Å². The number of aromatic amines is 1. The molecule has 2 fully saturated rings. The molecule has 1 N–H and O–H groups in total. The van der Waals surface area contributed by atoms with Crippen molar-refractivity contribution >= 4 is 0 Å². The molecule has 21 heavy (non-hydrogen) atoms. The van der Waals surface area contributed by atoms with E-state index >= 15 is 0 Å². The van der Waals surface area contributed by atoms with Crippen LogP contribution in [0.4, 0.5) is 0 Å². The maximum Gasteiger partial charge on any atom is 0.223 e. The van der Waals surface area contributed by atoms with Gasteiger partial charge in [-0.2, -0.15) is 0 Å². The summed E-state index contributed by atoms with van der Waals surface area (Å²) < 4.78 is 4.99. The second kappa shape index (κ2) is 6.20. The van der Waals surface area contributed by atoms with Crippen molar-refractivity contribution < 1.29 is 4.74 Å². The van der Waals surface area contributed by atoms with Crippen molar-refractivity contribution in [2.45, 2.75) is 44.8 Å². The Bertz CT molecular complexity index is 537. The number of pyridine rings is 1. The van der Waals surface area contributed by atoms with Crippen LogP contribution in [-0.2, 0) is 6.54 Å². The summed E-state index contributed by atoms with van der Waals surface area (Å²) in [6.07, 6.45) is 5.71. The maximum absolute atomic E-state index is 11.7. The highest BCUT2D eigenvalue weighted by Crippen LogP contribution is 2.25. The van der Waals surface area contributed by atoms with Crippen LogP contribution in [-0.4, -0.2) is 53.6 Å². The molecule has 0 radical (unpaired) electrons. The van der Waals surface area contributed by atoms with Crippen LogP contribution in [0.1, 0.15) is 31.9 Å². The van der Waals surface area contributed by atoms with Crippen molar-refractivity contribution in [2.24, 2.45) is 0 Å². The number of aromatic nitrogens is 1. The fourth-order valence-corrected chi connectivity index (χ4v) is 3.54. The fourth-order valence-electron chi connectivity index (χ4n) is 3.54. The molecule has 0 saturated carbocycles. The average Bonchev–Trinajstić information content (AvgIpc) is 2.44. The van der Waals surface area contributed by atoms with Gasteiger partial charge < -0.3 is 9.72 Å². The number of rotatable bonds is 4. The monoisotopic (exact) mass is 291 g/mol. The minimum Gasteiger partial charge on any atom is -0.491 e. The van der Waals surface area contributed by atoms with Crippen molar-refractivity contribution in [3.63, 3.8) is 0 Å². The molecule has 1 atom stereocenters. The highest BCUT2D eigenvalue weighted by Gasteiger charge is 2.34. The van der Waals surface area contributed by atoms with Crippen LogP contribution in [0.2, 0.25) is 0 Å². The number of hydrogen-bond acceptors (Lipinski definition) is 4. The molecule has 0 aliphatic carbocycles. The van der Waals surface area contributed by atoms with Gasteiger partial charge in [0, 0.05) is 49.7 Å². The van der Waals surface area contributed by atoms with Gasteiger partial charge in [0.05, 0.1) is 7.11 Å². The van der Waals surface area contributed by atoms with Crippen molar-refractivity contribution in [3.05, 3.63) is 28.2 Å². The van der Waals surface area contributed by atoms with Crippen molar-refractivity contribution in [1.29, 1.82) is 0 Å². The zero-order valence-corrected chi connectivity index (χ0v) is 13.0. The van der Waals surface area contributed by atoms with Crippen LogP contribution >= 0.6 is 0 Å². The summed E-state index contributed by atoms with van der Waals surface area (Å²) in [7, 11) is 1.52. The second-order valence-corrected chi connectivity index (χ2v) is 6.32. The van der Waals surface area contributed by atoms with Gasteiger partial charge in [0.1, 0.15) is 0 Å². The molecule has 2 aliphatic rings. The van der Waals surface area contributed by atoms with Crippen LogP contribution < -0.4 is 10.2 Å². The normalized spacial score (nSPS) is 24.8. The molecule has 0 bridgehead atoms.